The first-order valence-electron chi connectivity index (χ1n) is 5.54. The van der Waals surface area contributed by atoms with Gasteiger partial charge >= 0.3 is 0 Å². The van der Waals surface area contributed by atoms with Crippen LogP contribution in [0.1, 0.15) is 39.3 Å². The fourth-order valence-corrected chi connectivity index (χ4v) is 1.87. The van der Waals surface area contributed by atoms with Crippen molar-refractivity contribution in [2.45, 2.75) is 39.3 Å². The van der Waals surface area contributed by atoms with Crippen molar-refractivity contribution in [1.29, 1.82) is 0 Å². The molecule has 86 valence electrons. The molecule has 1 aromatic heterocycles. The molecule has 16 heavy (non-hydrogen) atoms. The van der Waals surface area contributed by atoms with Gasteiger partial charge in [-0.05, 0) is 45.4 Å². The highest BCUT2D eigenvalue weighted by Gasteiger charge is 2.15. The Hall–Kier alpha value is -1.42. The largest absolute Gasteiger partial charge is 0.306 e. The Balaban J connectivity index is 2.25. The number of fused-ring (bicyclic) bond motifs is 1. The second-order valence-corrected chi connectivity index (χ2v) is 5.20. The molecule has 0 saturated heterocycles. The first kappa shape index (κ1) is 11.1. The smallest absolute Gasteiger partial charge is 0.112 e. The summed E-state index contributed by atoms with van der Waals surface area (Å²) in [6, 6.07) is 6.50. The van der Waals surface area contributed by atoms with E-state index in [9.17, 15) is 0 Å². The molecule has 4 heteroatoms. The van der Waals surface area contributed by atoms with Gasteiger partial charge in [0.2, 0.25) is 0 Å². The van der Waals surface area contributed by atoms with E-state index in [2.05, 4.69) is 60.6 Å². The van der Waals surface area contributed by atoms with E-state index < -0.39 is 0 Å². The van der Waals surface area contributed by atoms with Gasteiger partial charge < -0.3 is 5.32 Å². The Bertz CT molecular complexity index is 481. The first-order chi connectivity index (χ1) is 7.46. The van der Waals surface area contributed by atoms with Gasteiger partial charge in [0.1, 0.15) is 5.52 Å². The molecule has 0 radical (unpaired) electrons. The van der Waals surface area contributed by atoms with Crippen molar-refractivity contribution in [2.75, 3.05) is 0 Å². The Morgan fingerprint density at radius 3 is 2.75 bits per heavy atom. The summed E-state index contributed by atoms with van der Waals surface area (Å²) in [6.45, 7) is 8.66. The molecular formula is C12H18N4. The molecule has 2 aromatic rings. The Morgan fingerprint density at radius 1 is 1.31 bits per heavy atom. The predicted molar refractivity (Wildman–Crippen MR) is 65.2 cm³/mol. The van der Waals surface area contributed by atoms with E-state index in [-0.39, 0.29) is 5.54 Å². The number of nitrogens with one attached hydrogen (secondary N) is 2. The van der Waals surface area contributed by atoms with Crippen LogP contribution in [0.25, 0.3) is 11.0 Å². The number of nitrogens with zero attached hydrogens (tertiary/aromatic N) is 2. The Labute approximate surface area is 95.4 Å². The van der Waals surface area contributed by atoms with Gasteiger partial charge in [0.05, 0.1) is 5.52 Å². The molecular weight excluding hydrogens is 200 g/mol. The summed E-state index contributed by atoms with van der Waals surface area (Å²) >= 11 is 0. The van der Waals surface area contributed by atoms with Gasteiger partial charge in [-0.15, -0.1) is 5.10 Å². The number of aromatic nitrogens is 3. The molecule has 0 aliphatic heterocycles. The summed E-state index contributed by atoms with van der Waals surface area (Å²) in [7, 11) is 0. The second kappa shape index (κ2) is 3.87. The number of hydrogen-bond donors (Lipinski definition) is 2. The van der Waals surface area contributed by atoms with Crippen molar-refractivity contribution in [3.63, 3.8) is 0 Å². The van der Waals surface area contributed by atoms with Gasteiger partial charge in [-0.1, -0.05) is 11.3 Å². The van der Waals surface area contributed by atoms with Gasteiger partial charge in [0.25, 0.3) is 0 Å². The van der Waals surface area contributed by atoms with Crippen LogP contribution in [0.3, 0.4) is 0 Å². The topological polar surface area (TPSA) is 53.6 Å². The summed E-state index contributed by atoms with van der Waals surface area (Å²) in [5.74, 6) is 0. The lowest BCUT2D eigenvalue weighted by Crippen LogP contribution is -2.37. The normalized spacial score (nSPS) is 14.2. The molecule has 0 aliphatic carbocycles. The molecule has 1 atom stereocenters. The molecule has 0 aliphatic rings. The number of rotatable bonds is 2. The molecule has 4 nitrogen and oxygen atoms in total. The first-order valence-corrected chi connectivity index (χ1v) is 5.54. The second-order valence-electron chi connectivity index (χ2n) is 5.20. The van der Waals surface area contributed by atoms with Gasteiger partial charge in [0.15, 0.2) is 0 Å². The summed E-state index contributed by atoms with van der Waals surface area (Å²) in [4.78, 5) is 0. The lowest BCUT2D eigenvalue weighted by Gasteiger charge is -2.26. The molecule has 1 heterocycles. The molecule has 0 fully saturated rings. The monoisotopic (exact) mass is 218 g/mol. The molecule has 0 bridgehead atoms. The molecule has 2 rings (SSSR count). The van der Waals surface area contributed by atoms with Gasteiger partial charge in [-0.3, -0.25) is 5.10 Å². The minimum atomic E-state index is 0.112. The zero-order chi connectivity index (χ0) is 11.8. The third-order valence-corrected chi connectivity index (χ3v) is 2.50. The third kappa shape index (κ3) is 2.39. The van der Waals surface area contributed by atoms with Gasteiger partial charge in [-0.2, -0.15) is 0 Å². The average molecular weight is 218 g/mol. The lowest BCUT2D eigenvalue weighted by molar-refractivity contribution is 0.378. The van der Waals surface area contributed by atoms with E-state index in [0.717, 1.165) is 11.0 Å². The number of H-pyrrole nitrogens is 1. The van der Waals surface area contributed by atoms with Crippen LogP contribution in [-0.2, 0) is 0 Å². The van der Waals surface area contributed by atoms with Crippen molar-refractivity contribution in [3.05, 3.63) is 23.8 Å². The molecule has 0 saturated carbocycles. The highest BCUT2D eigenvalue weighted by molar-refractivity contribution is 5.74. The highest BCUT2D eigenvalue weighted by atomic mass is 15.3. The van der Waals surface area contributed by atoms with E-state index in [0.29, 0.717) is 6.04 Å². The zero-order valence-corrected chi connectivity index (χ0v) is 10.2. The van der Waals surface area contributed by atoms with Crippen LogP contribution in [0, 0.1) is 0 Å². The predicted octanol–water partition coefficient (Wildman–Crippen LogP) is 2.41. The van der Waals surface area contributed by atoms with Crippen LogP contribution in [0.2, 0.25) is 0 Å². The maximum Gasteiger partial charge on any atom is 0.112 e. The summed E-state index contributed by atoms with van der Waals surface area (Å²) in [5.41, 5.74) is 3.25. The van der Waals surface area contributed by atoms with E-state index in [1.807, 2.05) is 6.07 Å². The standard InChI is InChI=1S/C12H18N4/c1-8(13-12(2,3)4)9-5-6-10-11(7-9)15-16-14-10/h5-8,13H,1-4H3,(H,14,15,16)/t8-/m1/s1. The van der Waals surface area contributed by atoms with Crippen molar-refractivity contribution in [1.82, 2.24) is 20.7 Å². The Kier molecular flexibility index (Phi) is 2.68. The third-order valence-electron chi connectivity index (χ3n) is 2.50. The van der Waals surface area contributed by atoms with E-state index >= 15 is 0 Å². The maximum atomic E-state index is 3.97. The van der Waals surface area contributed by atoms with Crippen LogP contribution in [-0.4, -0.2) is 20.9 Å². The van der Waals surface area contributed by atoms with Crippen molar-refractivity contribution in [2.24, 2.45) is 0 Å². The zero-order valence-electron chi connectivity index (χ0n) is 10.2. The fourth-order valence-electron chi connectivity index (χ4n) is 1.87. The summed E-state index contributed by atoms with van der Waals surface area (Å²) in [6.07, 6.45) is 0. The minimum absolute atomic E-state index is 0.112. The number of benzene rings is 1. The summed E-state index contributed by atoms with van der Waals surface area (Å²) in [5, 5.41) is 14.2. The van der Waals surface area contributed by atoms with Crippen LogP contribution in [0.4, 0.5) is 0 Å². The fraction of sp³-hybridized carbons (Fsp3) is 0.500. The maximum absolute atomic E-state index is 3.97. The molecule has 2 N–H and O–H groups in total. The van der Waals surface area contributed by atoms with Crippen LogP contribution in [0.15, 0.2) is 18.2 Å². The SMILES string of the molecule is C[C@@H](NC(C)(C)C)c1ccc2nn[nH]c2c1. The molecule has 0 spiro atoms. The number of hydrogen-bond acceptors (Lipinski definition) is 3. The van der Waals surface area contributed by atoms with Gasteiger partial charge in [-0.25, -0.2) is 0 Å². The van der Waals surface area contributed by atoms with E-state index in [1.165, 1.54) is 5.56 Å². The van der Waals surface area contributed by atoms with E-state index in [1.54, 1.807) is 0 Å². The highest BCUT2D eigenvalue weighted by Crippen LogP contribution is 2.19. The summed E-state index contributed by atoms with van der Waals surface area (Å²) < 4.78 is 0. The van der Waals surface area contributed by atoms with E-state index in [4.69, 9.17) is 0 Å². The lowest BCUT2D eigenvalue weighted by atomic mass is 10.0. The van der Waals surface area contributed by atoms with Crippen molar-refractivity contribution in [3.8, 4) is 0 Å². The number of aromatic amines is 1. The molecule has 0 amide bonds. The van der Waals surface area contributed by atoms with Crippen LogP contribution in [0.5, 0.6) is 0 Å². The Morgan fingerprint density at radius 2 is 2.06 bits per heavy atom. The van der Waals surface area contributed by atoms with Crippen molar-refractivity contribution < 1.29 is 0 Å². The van der Waals surface area contributed by atoms with Crippen LogP contribution < -0.4 is 5.32 Å². The average Bonchev–Trinajstić information content (AvgIpc) is 2.61. The van der Waals surface area contributed by atoms with Gasteiger partial charge in [0, 0.05) is 11.6 Å². The molecule has 0 unspecified atom stereocenters. The minimum Gasteiger partial charge on any atom is -0.306 e. The van der Waals surface area contributed by atoms with Crippen LogP contribution >= 0.6 is 0 Å². The molecule has 1 aromatic carbocycles. The quantitative estimate of drug-likeness (QED) is 0.813. The van der Waals surface area contributed by atoms with Crippen molar-refractivity contribution >= 4 is 11.0 Å².